The number of thioether (sulfide) groups is 1. The second-order valence-corrected chi connectivity index (χ2v) is 10.3. The van der Waals surface area contributed by atoms with Gasteiger partial charge in [0.05, 0.1) is 41.8 Å². The number of hydrogen-bond donors (Lipinski definition) is 0. The number of methoxy groups -OCH3 is 1. The lowest BCUT2D eigenvalue weighted by molar-refractivity contribution is -0.128. The van der Waals surface area contributed by atoms with Gasteiger partial charge in [-0.2, -0.15) is 0 Å². The van der Waals surface area contributed by atoms with E-state index < -0.39 is 0 Å². The summed E-state index contributed by atoms with van der Waals surface area (Å²) in [6, 6.07) is 15.9. The zero-order chi connectivity index (χ0) is 25.1. The number of piperazine rings is 1. The first-order valence-electron chi connectivity index (χ1n) is 12.5. The second-order valence-electron chi connectivity index (χ2n) is 9.33. The van der Waals surface area contributed by atoms with Crippen LogP contribution in [-0.2, 0) is 9.53 Å². The lowest BCUT2D eigenvalue weighted by atomic mass is 10.2. The number of amides is 1. The van der Waals surface area contributed by atoms with Gasteiger partial charge in [0.2, 0.25) is 5.91 Å². The molecule has 1 aromatic heterocycles. The highest BCUT2D eigenvalue weighted by Gasteiger charge is 2.28. The molecule has 0 unspecified atom stereocenters. The molecule has 2 saturated heterocycles. The van der Waals surface area contributed by atoms with Crippen LogP contribution in [0.3, 0.4) is 0 Å². The van der Waals surface area contributed by atoms with Gasteiger partial charge in [0.1, 0.15) is 10.8 Å². The Labute approximate surface area is 216 Å². The zero-order valence-electron chi connectivity index (χ0n) is 21.1. The van der Waals surface area contributed by atoms with Gasteiger partial charge in [-0.05, 0) is 38.1 Å². The minimum absolute atomic E-state index is 0.112. The van der Waals surface area contributed by atoms with Crippen molar-refractivity contribution in [3.05, 3.63) is 48.5 Å². The Balaban J connectivity index is 1.27. The molecule has 2 aliphatic rings. The highest BCUT2D eigenvalue weighted by atomic mass is 32.2. The van der Waals surface area contributed by atoms with Crippen LogP contribution in [0.2, 0.25) is 0 Å². The van der Waals surface area contributed by atoms with Crippen molar-refractivity contribution in [1.29, 1.82) is 0 Å². The second kappa shape index (κ2) is 10.9. The number of carbonyl (C=O) groups is 1. The maximum absolute atomic E-state index is 13.2. The number of ether oxygens (including phenoxy) is 2. The molecule has 0 aliphatic carbocycles. The van der Waals surface area contributed by atoms with E-state index in [-0.39, 0.29) is 18.1 Å². The highest BCUT2D eigenvalue weighted by Crippen LogP contribution is 2.32. The summed E-state index contributed by atoms with van der Waals surface area (Å²) >= 11 is 1.48. The fourth-order valence-corrected chi connectivity index (χ4v) is 5.85. The summed E-state index contributed by atoms with van der Waals surface area (Å²) in [5, 5.41) is 0.802. The number of carbonyl (C=O) groups excluding carboxylic acids is 1. The fourth-order valence-electron chi connectivity index (χ4n) is 4.94. The number of aromatic nitrogens is 2. The number of benzene rings is 2. The Morgan fingerprint density at radius 1 is 0.944 bits per heavy atom. The van der Waals surface area contributed by atoms with Gasteiger partial charge in [-0.1, -0.05) is 36.0 Å². The SMILES string of the molecule is COc1ccccc1N1CCN(C(=O)CSc2nc3ccccc3nc2N2C[C@H](C)O[C@@H](C)C2)CC1. The Morgan fingerprint density at radius 3 is 2.28 bits per heavy atom. The van der Waals surface area contributed by atoms with Crippen LogP contribution in [-0.4, -0.2) is 85.1 Å². The molecule has 2 aromatic carbocycles. The first kappa shape index (κ1) is 24.6. The van der Waals surface area contributed by atoms with Gasteiger partial charge in [0.15, 0.2) is 5.82 Å². The molecule has 2 fully saturated rings. The Morgan fingerprint density at radius 2 is 1.58 bits per heavy atom. The van der Waals surface area contributed by atoms with Crippen LogP contribution < -0.4 is 14.5 Å². The highest BCUT2D eigenvalue weighted by molar-refractivity contribution is 8.00. The van der Waals surface area contributed by atoms with Crippen LogP contribution in [0, 0.1) is 0 Å². The number of para-hydroxylation sites is 4. The third kappa shape index (κ3) is 5.37. The van der Waals surface area contributed by atoms with E-state index in [0.717, 1.165) is 59.5 Å². The molecule has 2 aliphatic heterocycles. The maximum atomic E-state index is 13.2. The van der Waals surface area contributed by atoms with Crippen LogP contribution in [0.25, 0.3) is 11.0 Å². The van der Waals surface area contributed by atoms with Gasteiger partial charge < -0.3 is 24.2 Å². The van der Waals surface area contributed by atoms with Crippen molar-refractivity contribution < 1.29 is 14.3 Å². The summed E-state index contributed by atoms with van der Waals surface area (Å²) in [6.45, 7) is 8.60. The smallest absolute Gasteiger partial charge is 0.233 e. The van der Waals surface area contributed by atoms with Gasteiger partial charge in [0.25, 0.3) is 0 Å². The summed E-state index contributed by atoms with van der Waals surface area (Å²) in [5.74, 6) is 2.17. The molecule has 0 N–H and O–H groups in total. The molecule has 3 heterocycles. The lowest BCUT2D eigenvalue weighted by Crippen LogP contribution is -2.49. The van der Waals surface area contributed by atoms with E-state index in [0.29, 0.717) is 18.8 Å². The summed E-state index contributed by atoms with van der Waals surface area (Å²) < 4.78 is 11.4. The molecule has 1 amide bonds. The third-order valence-corrected chi connectivity index (χ3v) is 7.57. The molecule has 0 spiro atoms. The Kier molecular flexibility index (Phi) is 7.48. The number of hydrogen-bond acceptors (Lipinski definition) is 8. The molecule has 0 saturated carbocycles. The standard InChI is InChI=1S/C27H33N5O3S/c1-19-16-32(17-20(2)35-19)26-27(29-22-9-5-4-8-21(22)28-26)36-18-25(33)31-14-12-30(13-15-31)23-10-6-7-11-24(23)34-3/h4-11,19-20H,12-18H2,1-3H3/t19-,20-/m0/s1. The van der Waals surface area contributed by atoms with Crippen LogP contribution in [0.15, 0.2) is 53.6 Å². The maximum Gasteiger partial charge on any atom is 0.233 e. The number of anilines is 2. The Hall–Kier alpha value is -3.04. The van der Waals surface area contributed by atoms with E-state index in [9.17, 15) is 4.79 Å². The van der Waals surface area contributed by atoms with Crippen molar-refractivity contribution in [3.63, 3.8) is 0 Å². The van der Waals surface area contributed by atoms with Gasteiger partial charge >= 0.3 is 0 Å². The first-order valence-corrected chi connectivity index (χ1v) is 13.5. The van der Waals surface area contributed by atoms with Crippen molar-refractivity contribution >= 4 is 40.2 Å². The van der Waals surface area contributed by atoms with E-state index in [4.69, 9.17) is 19.4 Å². The summed E-state index contributed by atoms with van der Waals surface area (Å²) in [7, 11) is 1.69. The van der Waals surface area contributed by atoms with E-state index in [1.54, 1.807) is 7.11 Å². The summed E-state index contributed by atoms with van der Waals surface area (Å²) in [6.07, 6.45) is 0.224. The number of nitrogens with zero attached hydrogens (tertiary/aromatic N) is 5. The molecule has 190 valence electrons. The molecule has 2 atom stereocenters. The average Bonchev–Trinajstić information content (AvgIpc) is 2.90. The first-order chi connectivity index (χ1) is 17.5. The van der Waals surface area contributed by atoms with Crippen LogP contribution in [0.4, 0.5) is 11.5 Å². The van der Waals surface area contributed by atoms with Gasteiger partial charge in [0, 0.05) is 39.3 Å². The normalized spacial score (nSPS) is 20.6. The molecular weight excluding hydrogens is 474 g/mol. The predicted molar refractivity (Wildman–Crippen MR) is 144 cm³/mol. The quantitative estimate of drug-likeness (QED) is 0.468. The molecule has 0 bridgehead atoms. The van der Waals surface area contributed by atoms with Crippen molar-refractivity contribution in [3.8, 4) is 5.75 Å². The number of fused-ring (bicyclic) bond motifs is 1. The molecule has 5 rings (SSSR count). The minimum Gasteiger partial charge on any atom is -0.495 e. The van der Waals surface area contributed by atoms with Crippen LogP contribution >= 0.6 is 11.8 Å². The van der Waals surface area contributed by atoms with Crippen molar-refractivity contribution in [1.82, 2.24) is 14.9 Å². The lowest BCUT2D eigenvalue weighted by Gasteiger charge is -2.37. The van der Waals surface area contributed by atoms with Gasteiger partial charge in [-0.25, -0.2) is 9.97 Å². The monoisotopic (exact) mass is 507 g/mol. The molecule has 9 heteroatoms. The third-order valence-electron chi connectivity index (χ3n) is 6.63. The van der Waals surface area contributed by atoms with E-state index in [2.05, 4.69) is 29.7 Å². The largest absolute Gasteiger partial charge is 0.495 e. The molecule has 36 heavy (non-hydrogen) atoms. The molecule has 0 radical (unpaired) electrons. The van der Waals surface area contributed by atoms with E-state index in [1.807, 2.05) is 47.4 Å². The zero-order valence-corrected chi connectivity index (χ0v) is 21.9. The number of rotatable bonds is 6. The summed E-state index contributed by atoms with van der Waals surface area (Å²) in [4.78, 5) is 29.5. The van der Waals surface area contributed by atoms with Crippen molar-refractivity contribution in [2.24, 2.45) is 0 Å². The van der Waals surface area contributed by atoms with Gasteiger partial charge in [-0.3, -0.25) is 4.79 Å². The fraction of sp³-hybridized carbons (Fsp3) is 0.444. The van der Waals surface area contributed by atoms with Crippen molar-refractivity contribution in [2.45, 2.75) is 31.1 Å². The van der Waals surface area contributed by atoms with Gasteiger partial charge in [-0.15, -0.1) is 0 Å². The molecular formula is C27H33N5O3S. The van der Waals surface area contributed by atoms with E-state index in [1.165, 1.54) is 11.8 Å². The minimum atomic E-state index is 0.112. The Bertz CT molecular complexity index is 1210. The topological polar surface area (TPSA) is 71.0 Å². The van der Waals surface area contributed by atoms with Crippen LogP contribution in [0.5, 0.6) is 5.75 Å². The molecule has 3 aromatic rings. The van der Waals surface area contributed by atoms with Crippen LogP contribution in [0.1, 0.15) is 13.8 Å². The number of morpholine rings is 1. The predicted octanol–water partition coefficient (Wildman–Crippen LogP) is 3.69. The molecule has 8 nitrogen and oxygen atoms in total. The van der Waals surface area contributed by atoms with Crippen molar-refractivity contribution in [2.75, 3.05) is 61.9 Å². The van der Waals surface area contributed by atoms with E-state index >= 15 is 0 Å². The average molecular weight is 508 g/mol. The summed E-state index contributed by atoms with van der Waals surface area (Å²) in [5.41, 5.74) is 2.78.